The van der Waals surface area contributed by atoms with E-state index < -0.39 is 0 Å². The summed E-state index contributed by atoms with van der Waals surface area (Å²) in [5.74, 6) is 0.828. The van der Waals surface area contributed by atoms with Gasteiger partial charge in [-0.2, -0.15) is 0 Å². The number of hydrogen-bond acceptors (Lipinski definition) is 2. The lowest BCUT2D eigenvalue weighted by Gasteiger charge is -2.38. The SMILES string of the molecule is Brc1cc(Br)cc([C@H](C2CCCC2)N2CCNCC2)c1.Cl.Cl. The Labute approximate surface area is 162 Å². The monoisotopic (exact) mass is 472 g/mol. The van der Waals surface area contributed by atoms with Crippen molar-refractivity contribution in [2.45, 2.75) is 31.7 Å². The van der Waals surface area contributed by atoms with Crippen LogP contribution >= 0.6 is 56.7 Å². The van der Waals surface area contributed by atoms with Crippen LogP contribution in [0.2, 0.25) is 0 Å². The molecule has 2 nitrogen and oxygen atoms in total. The first-order chi connectivity index (χ1) is 9.74. The van der Waals surface area contributed by atoms with Gasteiger partial charge in [-0.25, -0.2) is 0 Å². The minimum Gasteiger partial charge on any atom is -0.314 e. The smallest absolute Gasteiger partial charge is 0.0378 e. The molecule has 1 aliphatic heterocycles. The summed E-state index contributed by atoms with van der Waals surface area (Å²) in [6, 6.07) is 7.35. The van der Waals surface area contributed by atoms with Gasteiger partial charge in [0, 0.05) is 41.2 Å². The molecule has 0 spiro atoms. The van der Waals surface area contributed by atoms with Gasteiger partial charge >= 0.3 is 0 Å². The maximum atomic E-state index is 3.65. The molecular formula is C16H24Br2Cl2N2. The summed E-state index contributed by atoms with van der Waals surface area (Å²) in [5, 5.41) is 3.47. The minimum absolute atomic E-state index is 0. The first-order valence-corrected chi connectivity index (χ1v) is 9.23. The molecule has 1 aromatic carbocycles. The Hall–Kier alpha value is 0.680. The quantitative estimate of drug-likeness (QED) is 0.648. The zero-order chi connectivity index (χ0) is 13.9. The van der Waals surface area contributed by atoms with E-state index in [-0.39, 0.29) is 24.8 Å². The van der Waals surface area contributed by atoms with E-state index in [0.29, 0.717) is 6.04 Å². The van der Waals surface area contributed by atoms with Crippen LogP contribution in [0, 0.1) is 5.92 Å². The molecular weight excluding hydrogens is 451 g/mol. The third-order valence-corrected chi connectivity index (χ3v) is 5.53. The predicted octanol–water partition coefficient (Wildman–Crippen LogP) is 5.19. The van der Waals surface area contributed by atoms with Gasteiger partial charge in [0.2, 0.25) is 0 Å². The van der Waals surface area contributed by atoms with Crippen molar-refractivity contribution in [1.82, 2.24) is 10.2 Å². The van der Waals surface area contributed by atoms with Gasteiger partial charge in [-0.15, -0.1) is 24.8 Å². The summed E-state index contributed by atoms with van der Waals surface area (Å²) >= 11 is 7.31. The number of nitrogens with one attached hydrogen (secondary N) is 1. The van der Waals surface area contributed by atoms with Crippen molar-refractivity contribution in [2.75, 3.05) is 26.2 Å². The number of benzene rings is 1. The summed E-state index contributed by atoms with van der Waals surface area (Å²) in [5.41, 5.74) is 1.47. The Morgan fingerprint density at radius 3 is 2.05 bits per heavy atom. The van der Waals surface area contributed by atoms with E-state index in [2.05, 4.69) is 60.3 Å². The van der Waals surface area contributed by atoms with E-state index >= 15 is 0 Å². The Kier molecular flexibility index (Phi) is 9.28. The standard InChI is InChI=1S/C16H22Br2N2.2ClH/c17-14-9-13(10-15(18)11-14)16(12-3-1-2-4-12)20-7-5-19-6-8-20;;/h9-12,16,19H,1-8H2;2*1H/t16-;;/m0../s1. The molecule has 0 radical (unpaired) electrons. The van der Waals surface area contributed by atoms with Crippen LogP contribution in [-0.2, 0) is 0 Å². The molecule has 2 fully saturated rings. The highest BCUT2D eigenvalue weighted by Gasteiger charge is 2.32. The molecule has 1 atom stereocenters. The van der Waals surface area contributed by atoms with E-state index in [1.165, 1.54) is 53.3 Å². The number of hydrogen-bond donors (Lipinski definition) is 1. The third kappa shape index (κ3) is 5.09. The summed E-state index contributed by atoms with van der Waals surface area (Å²) in [6.07, 6.45) is 5.59. The van der Waals surface area contributed by atoms with E-state index in [4.69, 9.17) is 0 Å². The molecule has 0 amide bonds. The summed E-state index contributed by atoms with van der Waals surface area (Å²) in [7, 11) is 0. The molecule has 0 aromatic heterocycles. The normalized spacial score (nSPS) is 21.0. The van der Waals surface area contributed by atoms with E-state index in [1.807, 2.05) is 0 Å². The van der Waals surface area contributed by atoms with Gasteiger partial charge in [0.05, 0.1) is 0 Å². The molecule has 0 bridgehead atoms. The lowest BCUT2D eigenvalue weighted by Crippen LogP contribution is -2.46. The molecule has 2 aliphatic rings. The van der Waals surface area contributed by atoms with Crippen molar-refractivity contribution in [2.24, 2.45) is 5.92 Å². The van der Waals surface area contributed by atoms with Gasteiger partial charge in [0.1, 0.15) is 0 Å². The van der Waals surface area contributed by atoms with Gasteiger partial charge in [0.15, 0.2) is 0 Å². The Bertz CT molecular complexity index is 441. The molecule has 1 aromatic rings. The maximum absolute atomic E-state index is 3.65. The molecule has 1 saturated carbocycles. The average molecular weight is 475 g/mol. The molecule has 1 N–H and O–H groups in total. The number of nitrogens with zero attached hydrogens (tertiary/aromatic N) is 1. The molecule has 1 saturated heterocycles. The minimum atomic E-state index is 0. The average Bonchev–Trinajstić information content (AvgIpc) is 2.93. The van der Waals surface area contributed by atoms with Crippen LogP contribution in [0.5, 0.6) is 0 Å². The molecule has 3 rings (SSSR count). The topological polar surface area (TPSA) is 15.3 Å². The second-order valence-electron chi connectivity index (χ2n) is 5.98. The Morgan fingerprint density at radius 2 is 1.50 bits per heavy atom. The fourth-order valence-corrected chi connectivity index (χ4v) is 5.09. The Balaban J connectivity index is 0.00000121. The second-order valence-corrected chi connectivity index (χ2v) is 7.81. The van der Waals surface area contributed by atoms with E-state index in [9.17, 15) is 0 Å². The van der Waals surface area contributed by atoms with Gasteiger partial charge in [-0.3, -0.25) is 4.90 Å². The molecule has 126 valence electrons. The Morgan fingerprint density at radius 1 is 0.955 bits per heavy atom. The molecule has 1 heterocycles. The predicted molar refractivity (Wildman–Crippen MR) is 105 cm³/mol. The second kappa shape index (κ2) is 9.85. The van der Waals surface area contributed by atoms with Crippen LogP contribution in [0.4, 0.5) is 0 Å². The summed E-state index contributed by atoms with van der Waals surface area (Å²) < 4.78 is 2.36. The molecule has 0 unspecified atom stereocenters. The maximum Gasteiger partial charge on any atom is 0.0378 e. The third-order valence-electron chi connectivity index (χ3n) is 4.62. The van der Waals surface area contributed by atoms with E-state index in [1.54, 1.807) is 0 Å². The highest BCUT2D eigenvalue weighted by molar-refractivity contribution is 9.11. The van der Waals surface area contributed by atoms with Crippen LogP contribution in [-0.4, -0.2) is 31.1 Å². The van der Waals surface area contributed by atoms with Gasteiger partial charge in [-0.1, -0.05) is 44.7 Å². The number of rotatable bonds is 3. The van der Waals surface area contributed by atoms with Gasteiger partial charge in [-0.05, 0) is 42.5 Å². The molecule has 6 heteroatoms. The fourth-order valence-electron chi connectivity index (χ4n) is 3.76. The first kappa shape index (κ1) is 20.7. The zero-order valence-electron chi connectivity index (χ0n) is 12.6. The molecule has 1 aliphatic carbocycles. The highest BCUT2D eigenvalue weighted by atomic mass is 79.9. The number of piperazine rings is 1. The van der Waals surface area contributed by atoms with Crippen LogP contribution in [0.3, 0.4) is 0 Å². The zero-order valence-corrected chi connectivity index (χ0v) is 17.4. The summed E-state index contributed by atoms with van der Waals surface area (Å²) in [6.45, 7) is 4.59. The lowest BCUT2D eigenvalue weighted by atomic mass is 9.90. The van der Waals surface area contributed by atoms with Gasteiger partial charge < -0.3 is 5.32 Å². The van der Waals surface area contributed by atoms with Crippen LogP contribution in [0.1, 0.15) is 37.3 Å². The van der Waals surface area contributed by atoms with Crippen molar-refractivity contribution in [1.29, 1.82) is 0 Å². The van der Waals surface area contributed by atoms with Crippen molar-refractivity contribution in [3.63, 3.8) is 0 Å². The summed E-state index contributed by atoms with van der Waals surface area (Å²) in [4.78, 5) is 2.70. The van der Waals surface area contributed by atoms with Crippen LogP contribution in [0.15, 0.2) is 27.1 Å². The van der Waals surface area contributed by atoms with Gasteiger partial charge in [0.25, 0.3) is 0 Å². The number of halogens is 4. The molecule has 22 heavy (non-hydrogen) atoms. The van der Waals surface area contributed by atoms with Crippen LogP contribution in [0.25, 0.3) is 0 Å². The largest absolute Gasteiger partial charge is 0.314 e. The van der Waals surface area contributed by atoms with Crippen molar-refractivity contribution < 1.29 is 0 Å². The van der Waals surface area contributed by atoms with Crippen LogP contribution < -0.4 is 5.32 Å². The van der Waals surface area contributed by atoms with Crippen molar-refractivity contribution in [3.8, 4) is 0 Å². The fraction of sp³-hybridized carbons (Fsp3) is 0.625. The van der Waals surface area contributed by atoms with Crippen molar-refractivity contribution >= 4 is 56.7 Å². The van der Waals surface area contributed by atoms with E-state index in [0.717, 1.165) is 19.0 Å². The highest BCUT2D eigenvalue weighted by Crippen LogP contribution is 2.41. The lowest BCUT2D eigenvalue weighted by molar-refractivity contribution is 0.125. The first-order valence-electron chi connectivity index (χ1n) is 7.65. The van der Waals surface area contributed by atoms with Crippen molar-refractivity contribution in [3.05, 3.63) is 32.7 Å².